The number of nitrogens with zero attached hydrogens (tertiary/aromatic N) is 1. The molecule has 0 unspecified atom stereocenters. The Kier molecular flexibility index (Phi) is 4.45. The third-order valence-corrected chi connectivity index (χ3v) is 5.65. The van der Waals surface area contributed by atoms with E-state index in [1.54, 1.807) is 6.92 Å². The van der Waals surface area contributed by atoms with E-state index in [-0.39, 0.29) is 5.91 Å². The van der Waals surface area contributed by atoms with Crippen molar-refractivity contribution in [3.63, 3.8) is 0 Å². The molecule has 0 saturated heterocycles. The van der Waals surface area contributed by atoms with Gasteiger partial charge in [-0.3, -0.25) is 9.59 Å². The molecule has 1 aliphatic rings. The number of anilines is 1. The van der Waals surface area contributed by atoms with Crippen molar-refractivity contribution >= 4 is 28.2 Å². The molecule has 1 aliphatic carbocycles. The molecule has 0 spiro atoms. The number of amides is 2. The Balaban J connectivity index is 1.97. The Hall–Kier alpha value is -2.15. The molecule has 2 aromatic rings. The van der Waals surface area contributed by atoms with Crippen LogP contribution in [0.25, 0.3) is 0 Å². The number of aromatic nitrogens is 1. The van der Waals surface area contributed by atoms with Gasteiger partial charge in [0, 0.05) is 4.88 Å². The number of nitrogens with two attached hydrogens (primary N) is 1. The molecular weight excluding hydrogens is 326 g/mol. The fourth-order valence-electron chi connectivity index (χ4n) is 3.22. The molecule has 0 radical (unpaired) electrons. The summed E-state index contributed by atoms with van der Waals surface area (Å²) in [5, 5.41) is 7.30. The molecule has 2 aromatic heterocycles. The maximum atomic E-state index is 12.7. The lowest BCUT2D eigenvalue weighted by Crippen LogP contribution is -2.20. The van der Waals surface area contributed by atoms with E-state index in [0.29, 0.717) is 39.9 Å². The minimum absolute atomic E-state index is 0.306. The van der Waals surface area contributed by atoms with Crippen LogP contribution in [0.5, 0.6) is 0 Å². The van der Waals surface area contributed by atoms with Gasteiger partial charge in [0.15, 0.2) is 0 Å². The van der Waals surface area contributed by atoms with Gasteiger partial charge in [-0.15, -0.1) is 11.3 Å². The standard InChI is InChI=1S/C17H21N3O3S/c1-4-11-13(9(3)23-20-11)16(22)19-17-14(15(18)21)10-6-5-8(2)7-12(10)24-17/h8H,4-7H2,1-3H3,(H2,18,21)(H,19,22)/t8-/m0/s1. The van der Waals surface area contributed by atoms with E-state index in [4.69, 9.17) is 10.3 Å². The molecule has 0 aliphatic heterocycles. The number of fused-ring (bicyclic) bond motifs is 1. The van der Waals surface area contributed by atoms with E-state index in [9.17, 15) is 9.59 Å². The second kappa shape index (κ2) is 6.39. The first-order valence-corrected chi connectivity index (χ1v) is 8.94. The van der Waals surface area contributed by atoms with Crippen LogP contribution < -0.4 is 11.1 Å². The number of thiophene rings is 1. The van der Waals surface area contributed by atoms with Crippen molar-refractivity contribution in [3.05, 3.63) is 33.0 Å². The molecule has 24 heavy (non-hydrogen) atoms. The quantitative estimate of drug-likeness (QED) is 0.888. The van der Waals surface area contributed by atoms with E-state index in [0.717, 1.165) is 29.7 Å². The van der Waals surface area contributed by atoms with Gasteiger partial charge < -0.3 is 15.6 Å². The molecule has 3 rings (SSSR count). The Morgan fingerprint density at radius 3 is 2.83 bits per heavy atom. The van der Waals surface area contributed by atoms with Gasteiger partial charge >= 0.3 is 0 Å². The average molecular weight is 347 g/mol. The van der Waals surface area contributed by atoms with Crippen LogP contribution in [-0.4, -0.2) is 17.0 Å². The molecule has 0 aromatic carbocycles. The highest BCUT2D eigenvalue weighted by molar-refractivity contribution is 7.17. The van der Waals surface area contributed by atoms with E-state index in [1.807, 2.05) is 6.92 Å². The van der Waals surface area contributed by atoms with E-state index >= 15 is 0 Å². The Labute approximate surface area is 144 Å². The number of hydrogen-bond donors (Lipinski definition) is 2. The molecule has 3 N–H and O–H groups in total. The first kappa shape index (κ1) is 16.7. The largest absolute Gasteiger partial charge is 0.365 e. The minimum Gasteiger partial charge on any atom is -0.365 e. The fourth-order valence-corrected chi connectivity index (χ4v) is 4.63. The number of rotatable bonds is 4. The van der Waals surface area contributed by atoms with Crippen molar-refractivity contribution in [1.82, 2.24) is 5.16 Å². The lowest BCUT2D eigenvalue weighted by atomic mass is 9.88. The highest BCUT2D eigenvalue weighted by atomic mass is 32.1. The van der Waals surface area contributed by atoms with Crippen molar-refractivity contribution in [3.8, 4) is 0 Å². The second-order valence-corrected chi connectivity index (χ2v) is 7.39. The van der Waals surface area contributed by atoms with Crippen LogP contribution >= 0.6 is 11.3 Å². The van der Waals surface area contributed by atoms with Crippen molar-refractivity contribution in [2.24, 2.45) is 11.7 Å². The smallest absolute Gasteiger partial charge is 0.261 e. The average Bonchev–Trinajstić information content (AvgIpc) is 3.06. The molecule has 6 nitrogen and oxygen atoms in total. The molecule has 0 fully saturated rings. The maximum Gasteiger partial charge on any atom is 0.261 e. The normalized spacial score (nSPS) is 16.7. The van der Waals surface area contributed by atoms with Gasteiger partial charge in [-0.2, -0.15) is 0 Å². The van der Waals surface area contributed by atoms with E-state index < -0.39 is 5.91 Å². The highest BCUT2D eigenvalue weighted by Crippen LogP contribution is 2.39. The summed E-state index contributed by atoms with van der Waals surface area (Å²) in [4.78, 5) is 25.8. The van der Waals surface area contributed by atoms with Gasteiger partial charge in [0.2, 0.25) is 0 Å². The Morgan fingerprint density at radius 2 is 2.17 bits per heavy atom. The summed E-state index contributed by atoms with van der Waals surface area (Å²) in [6, 6.07) is 0. The van der Waals surface area contributed by atoms with Gasteiger partial charge in [-0.25, -0.2) is 0 Å². The predicted molar refractivity (Wildman–Crippen MR) is 92.6 cm³/mol. The van der Waals surface area contributed by atoms with Gasteiger partial charge in [-0.1, -0.05) is 19.0 Å². The highest BCUT2D eigenvalue weighted by Gasteiger charge is 2.28. The molecule has 2 amide bonds. The molecule has 0 saturated carbocycles. The van der Waals surface area contributed by atoms with Gasteiger partial charge in [0.05, 0.1) is 11.3 Å². The van der Waals surface area contributed by atoms with Crippen LogP contribution in [0, 0.1) is 12.8 Å². The zero-order valence-corrected chi connectivity index (χ0v) is 14.9. The lowest BCUT2D eigenvalue weighted by molar-refractivity contribution is 0.1000. The molecule has 1 atom stereocenters. The number of carbonyl (C=O) groups excluding carboxylic acids is 2. The summed E-state index contributed by atoms with van der Waals surface area (Å²) in [6.07, 6.45) is 3.37. The van der Waals surface area contributed by atoms with Crippen LogP contribution in [0.4, 0.5) is 5.00 Å². The maximum absolute atomic E-state index is 12.7. The van der Waals surface area contributed by atoms with Crippen LogP contribution in [0.1, 0.15) is 62.9 Å². The molecule has 128 valence electrons. The van der Waals surface area contributed by atoms with E-state index in [1.165, 1.54) is 11.3 Å². The first-order chi connectivity index (χ1) is 11.4. The van der Waals surface area contributed by atoms with Crippen molar-refractivity contribution in [2.75, 3.05) is 5.32 Å². The van der Waals surface area contributed by atoms with Crippen LogP contribution in [0.3, 0.4) is 0 Å². The molecule has 2 heterocycles. The molecule has 0 bridgehead atoms. The van der Waals surface area contributed by atoms with Crippen molar-refractivity contribution in [1.29, 1.82) is 0 Å². The van der Waals surface area contributed by atoms with Crippen molar-refractivity contribution in [2.45, 2.75) is 46.5 Å². The number of nitrogens with one attached hydrogen (secondary N) is 1. The third-order valence-electron chi connectivity index (χ3n) is 4.48. The summed E-state index contributed by atoms with van der Waals surface area (Å²) in [6.45, 7) is 5.81. The number of carbonyl (C=O) groups is 2. The third kappa shape index (κ3) is 2.84. The summed E-state index contributed by atoms with van der Waals surface area (Å²) < 4.78 is 5.12. The summed E-state index contributed by atoms with van der Waals surface area (Å²) >= 11 is 1.46. The summed E-state index contributed by atoms with van der Waals surface area (Å²) in [5.74, 6) is 0.252. The van der Waals surface area contributed by atoms with Crippen LogP contribution in [0.15, 0.2) is 4.52 Å². The number of aryl methyl sites for hydroxylation is 2. The second-order valence-electron chi connectivity index (χ2n) is 6.29. The van der Waals surface area contributed by atoms with Gasteiger partial charge in [0.1, 0.15) is 16.3 Å². The van der Waals surface area contributed by atoms with Gasteiger partial charge in [-0.05, 0) is 44.1 Å². The topological polar surface area (TPSA) is 98.2 Å². The molecule has 7 heteroatoms. The lowest BCUT2D eigenvalue weighted by Gasteiger charge is -2.18. The predicted octanol–water partition coefficient (Wildman–Crippen LogP) is 3.08. The molecular formula is C17H21N3O3S. The zero-order chi connectivity index (χ0) is 17.4. The Bertz CT molecular complexity index is 806. The Morgan fingerprint density at radius 1 is 1.42 bits per heavy atom. The van der Waals surface area contributed by atoms with Crippen molar-refractivity contribution < 1.29 is 14.1 Å². The fraction of sp³-hybridized carbons (Fsp3) is 0.471. The summed E-state index contributed by atoms with van der Waals surface area (Å²) in [7, 11) is 0. The SMILES string of the molecule is CCc1noc(C)c1C(=O)Nc1sc2c(c1C(N)=O)CC[C@H](C)C2. The minimum atomic E-state index is -0.491. The number of hydrogen-bond acceptors (Lipinski definition) is 5. The summed E-state index contributed by atoms with van der Waals surface area (Å²) in [5.41, 5.74) is 8.09. The van der Waals surface area contributed by atoms with Gasteiger partial charge in [0.25, 0.3) is 11.8 Å². The number of primary amides is 1. The van der Waals surface area contributed by atoms with Crippen LogP contribution in [0.2, 0.25) is 0 Å². The van der Waals surface area contributed by atoms with Crippen LogP contribution in [-0.2, 0) is 19.3 Å². The first-order valence-electron chi connectivity index (χ1n) is 8.13. The monoisotopic (exact) mass is 347 g/mol. The zero-order valence-electron chi connectivity index (χ0n) is 14.1. The van der Waals surface area contributed by atoms with E-state index in [2.05, 4.69) is 17.4 Å².